The lowest BCUT2D eigenvalue weighted by molar-refractivity contribution is 0.0535. The minimum absolute atomic E-state index is 0.199. The summed E-state index contributed by atoms with van der Waals surface area (Å²) in [6, 6.07) is 7.43. The summed E-state index contributed by atoms with van der Waals surface area (Å²) in [6.45, 7) is 0.439. The Bertz CT molecular complexity index is 284. The highest BCUT2D eigenvalue weighted by Gasteiger charge is 2.18. The Morgan fingerprint density at radius 1 is 1.33 bits per heavy atom. The first-order chi connectivity index (χ1) is 5.88. The van der Waals surface area contributed by atoms with Crippen molar-refractivity contribution >= 4 is 17.6 Å². The molecule has 0 bridgehead atoms. The zero-order chi connectivity index (χ0) is 8.97. The number of benzene rings is 1. The van der Waals surface area contributed by atoms with Gasteiger partial charge in [0.15, 0.2) is 0 Å². The fourth-order valence-corrected chi connectivity index (χ4v) is 1.07. The second kappa shape index (κ2) is 4.12. The maximum absolute atomic E-state index is 10.8. The quantitative estimate of drug-likeness (QED) is 0.457. The number of hydrogen-bond acceptors (Lipinski definition) is 2. The summed E-state index contributed by atoms with van der Waals surface area (Å²) in [4.78, 5) is 10.8. The van der Waals surface area contributed by atoms with Crippen molar-refractivity contribution in [2.24, 2.45) is 0 Å². The zero-order valence-corrected chi connectivity index (χ0v) is 7.47. The van der Waals surface area contributed by atoms with Crippen molar-refractivity contribution < 1.29 is 9.53 Å². The van der Waals surface area contributed by atoms with Crippen molar-refractivity contribution in [3.8, 4) is 0 Å². The lowest BCUT2D eigenvalue weighted by Crippen LogP contribution is -1.91. The van der Waals surface area contributed by atoms with E-state index in [2.05, 4.69) is 11.6 Å². The van der Waals surface area contributed by atoms with Crippen LogP contribution in [0.1, 0.15) is 15.9 Å². The predicted molar refractivity (Wildman–Crippen MR) is 47.3 cm³/mol. The van der Waals surface area contributed by atoms with E-state index < -0.39 is 0 Å². The van der Waals surface area contributed by atoms with Crippen LogP contribution in [-0.4, -0.2) is 12.4 Å². The van der Waals surface area contributed by atoms with Crippen LogP contribution < -0.4 is 0 Å². The normalized spacial score (nSPS) is 12.7. The molecule has 0 amide bonds. The molecule has 1 aliphatic rings. The molecule has 0 saturated carbocycles. The highest BCUT2D eigenvalue weighted by Crippen LogP contribution is 2.17. The number of alkyl halides is 1. The monoisotopic (exact) mass is 184 g/mol. The summed E-state index contributed by atoms with van der Waals surface area (Å²) in [5, 5.41) is 0. The Balaban J connectivity index is 0.000000336. The van der Waals surface area contributed by atoms with Crippen molar-refractivity contribution in [1.29, 1.82) is 0 Å². The van der Waals surface area contributed by atoms with E-state index >= 15 is 0 Å². The van der Waals surface area contributed by atoms with Gasteiger partial charge >= 0.3 is 5.97 Å². The van der Waals surface area contributed by atoms with E-state index in [1.165, 1.54) is 6.38 Å². The van der Waals surface area contributed by atoms with Gasteiger partial charge in [0.2, 0.25) is 0 Å². The van der Waals surface area contributed by atoms with E-state index in [0.717, 1.165) is 5.56 Å². The van der Waals surface area contributed by atoms with Crippen LogP contribution >= 0.6 is 11.6 Å². The van der Waals surface area contributed by atoms with Crippen molar-refractivity contribution in [3.05, 3.63) is 35.4 Å². The summed E-state index contributed by atoms with van der Waals surface area (Å²) < 4.78 is 4.78. The lowest BCUT2D eigenvalue weighted by Gasteiger charge is -1.87. The molecule has 1 aromatic rings. The van der Waals surface area contributed by atoms with Gasteiger partial charge in [-0.3, -0.25) is 0 Å². The maximum Gasteiger partial charge on any atom is 0.338 e. The number of rotatable bonds is 0. The molecular formula is C9H9ClO2. The van der Waals surface area contributed by atoms with Crippen LogP contribution in [-0.2, 0) is 11.3 Å². The molecule has 12 heavy (non-hydrogen) atoms. The van der Waals surface area contributed by atoms with Crippen LogP contribution in [0.5, 0.6) is 0 Å². The van der Waals surface area contributed by atoms with E-state index in [1.807, 2.05) is 18.2 Å². The molecular weight excluding hydrogens is 176 g/mol. The second-order valence-electron chi connectivity index (χ2n) is 2.23. The zero-order valence-electron chi connectivity index (χ0n) is 6.71. The molecule has 3 heteroatoms. The van der Waals surface area contributed by atoms with Gasteiger partial charge in [-0.2, -0.15) is 0 Å². The van der Waals surface area contributed by atoms with E-state index in [9.17, 15) is 4.79 Å². The molecule has 2 nitrogen and oxygen atoms in total. The Labute approximate surface area is 76.1 Å². The molecule has 0 fully saturated rings. The second-order valence-corrected chi connectivity index (χ2v) is 2.23. The molecule has 2 rings (SSSR count). The summed E-state index contributed by atoms with van der Waals surface area (Å²) in [5.41, 5.74) is 1.70. The Kier molecular flexibility index (Phi) is 3.11. The molecule has 0 N–H and O–H groups in total. The number of halogens is 1. The topological polar surface area (TPSA) is 26.3 Å². The van der Waals surface area contributed by atoms with Crippen molar-refractivity contribution in [1.82, 2.24) is 0 Å². The number of carbonyl (C=O) groups excluding carboxylic acids is 1. The third-order valence-electron chi connectivity index (χ3n) is 1.60. The standard InChI is InChI=1S/C8H6O2.CH3Cl/c9-8-7-4-2-1-3-6(7)5-10-8;1-2/h1-4H,5H2;1H3. The highest BCUT2D eigenvalue weighted by atomic mass is 35.5. The van der Waals surface area contributed by atoms with Crippen LogP contribution in [0.25, 0.3) is 0 Å². The van der Waals surface area contributed by atoms with Gasteiger partial charge in [-0.1, -0.05) is 18.2 Å². The molecule has 0 unspecified atom stereocenters. The maximum atomic E-state index is 10.8. The largest absolute Gasteiger partial charge is 0.457 e. The first-order valence-corrected chi connectivity index (χ1v) is 4.26. The number of ether oxygens (including phenoxy) is 1. The third-order valence-corrected chi connectivity index (χ3v) is 1.60. The molecule has 0 saturated heterocycles. The lowest BCUT2D eigenvalue weighted by atomic mass is 10.1. The summed E-state index contributed by atoms with van der Waals surface area (Å²) in [7, 11) is 0. The number of cyclic esters (lactones) is 1. The van der Waals surface area contributed by atoms with E-state index in [0.29, 0.717) is 12.2 Å². The number of hydrogen-bond donors (Lipinski definition) is 0. The molecule has 1 heterocycles. The first kappa shape index (κ1) is 9.07. The molecule has 1 aliphatic heterocycles. The Hall–Kier alpha value is -1.02. The van der Waals surface area contributed by atoms with Crippen LogP contribution in [0.2, 0.25) is 0 Å². The van der Waals surface area contributed by atoms with Crippen molar-refractivity contribution in [2.75, 3.05) is 6.38 Å². The van der Waals surface area contributed by atoms with Gasteiger partial charge in [0.25, 0.3) is 0 Å². The fourth-order valence-electron chi connectivity index (χ4n) is 1.07. The van der Waals surface area contributed by atoms with Crippen LogP contribution in [0.15, 0.2) is 24.3 Å². The summed E-state index contributed by atoms with van der Waals surface area (Å²) >= 11 is 4.64. The van der Waals surface area contributed by atoms with Crippen molar-refractivity contribution in [3.63, 3.8) is 0 Å². The average Bonchev–Trinajstić information content (AvgIpc) is 2.53. The number of fused-ring (bicyclic) bond motifs is 1. The third kappa shape index (κ3) is 1.59. The predicted octanol–water partition coefficient (Wildman–Crippen LogP) is 2.21. The van der Waals surface area contributed by atoms with Crippen molar-refractivity contribution in [2.45, 2.75) is 6.61 Å². The highest BCUT2D eigenvalue weighted by molar-refractivity contribution is 6.15. The molecule has 0 radical (unpaired) electrons. The molecule has 1 aromatic carbocycles. The van der Waals surface area contributed by atoms with Gasteiger partial charge in [0.1, 0.15) is 6.61 Å². The van der Waals surface area contributed by atoms with Gasteiger partial charge in [0, 0.05) is 11.9 Å². The van der Waals surface area contributed by atoms with Gasteiger partial charge < -0.3 is 4.74 Å². The first-order valence-electron chi connectivity index (χ1n) is 3.51. The van der Waals surface area contributed by atoms with Crippen LogP contribution in [0.4, 0.5) is 0 Å². The number of esters is 1. The van der Waals surface area contributed by atoms with E-state index in [1.54, 1.807) is 6.07 Å². The minimum atomic E-state index is -0.199. The molecule has 64 valence electrons. The smallest absolute Gasteiger partial charge is 0.338 e. The molecule has 0 aliphatic carbocycles. The fraction of sp³-hybridized carbons (Fsp3) is 0.222. The van der Waals surface area contributed by atoms with Crippen LogP contribution in [0.3, 0.4) is 0 Å². The number of carbonyl (C=O) groups is 1. The van der Waals surface area contributed by atoms with Gasteiger partial charge in [0.05, 0.1) is 5.56 Å². The summed E-state index contributed by atoms with van der Waals surface area (Å²) in [6.07, 6.45) is 1.47. The van der Waals surface area contributed by atoms with Crippen LogP contribution in [0, 0.1) is 0 Å². The minimum Gasteiger partial charge on any atom is -0.457 e. The van der Waals surface area contributed by atoms with Gasteiger partial charge in [-0.25, -0.2) is 4.79 Å². The average molecular weight is 185 g/mol. The Morgan fingerprint density at radius 3 is 2.67 bits per heavy atom. The van der Waals surface area contributed by atoms with E-state index in [-0.39, 0.29) is 5.97 Å². The molecule has 0 aromatic heterocycles. The SMILES string of the molecule is CCl.O=C1OCc2ccccc21. The molecule has 0 spiro atoms. The Morgan fingerprint density at radius 2 is 2.00 bits per heavy atom. The molecule has 0 atom stereocenters. The van der Waals surface area contributed by atoms with E-state index in [4.69, 9.17) is 4.74 Å². The summed E-state index contributed by atoms with van der Waals surface area (Å²) in [5.74, 6) is -0.199. The van der Waals surface area contributed by atoms with Gasteiger partial charge in [-0.05, 0) is 6.07 Å². The van der Waals surface area contributed by atoms with Gasteiger partial charge in [-0.15, -0.1) is 11.6 Å².